The Morgan fingerprint density at radius 3 is 2.84 bits per heavy atom. The third-order valence-corrected chi connectivity index (χ3v) is 6.92. The van der Waals surface area contributed by atoms with Gasteiger partial charge in [-0.05, 0) is 51.4 Å². The topological polar surface area (TPSA) is 66.9 Å². The number of nitrogens with zero attached hydrogens (tertiary/aromatic N) is 5. The Labute approximate surface area is 186 Å². The third-order valence-electron chi connectivity index (χ3n) is 6.92. The minimum atomic E-state index is -0.363. The molecular formula is C25H27N5O2. The normalized spacial score (nSPS) is 19.6. The molecular weight excluding hydrogens is 402 g/mol. The van der Waals surface area contributed by atoms with Crippen LogP contribution in [0.1, 0.15) is 30.7 Å². The quantitative estimate of drug-likeness (QED) is 0.452. The highest BCUT2D eigenvalue weighted by molar-refractivity contribution is 5.84. The molecule has 5 heterocycles. The largest absolute Gasteiger partial charge is 0.422 e. The molecule has 0 bridgehead atoms. The van der Waals surface area contributed by atoms with E-state index in [1.807, 2.05) is 42.8 Å². The molecule has 7 heteroatoms. The maximum Gasteiger partial charge on any atom is 0.345 e. The lowest BCUT2D eigenvalue weighted by Gasteiger charge is -2.44. The molecule has 0 spiro atoms. The molecule has 0 radical (unpaired) electrons. The molecule has 0 aliphatic carbocycles. The molecule has 0 amide bonds. The second kappa shape index (κ2) is 7.45. The van der Waals surface area contributed by atoms with Crippen LogP contribution < -0.4 is 10.5 Å². The monoisotopic (exact) mass is 429 g/mol. The van der Waals surface area contributed by atoms with Crippen LogP contribution in [0.2, 0.25) is 0 Å². The number of hydrogen-bond donors (Lipinski definition) is 0. The lowest BCUT2D eigenvalue weighted by molar-refractivity contribution is 0.133. The van der Waals surface area contributed by atoms with E-state index in [9.17, 15) is 4.79 Å². The van der Waals surface area contributed by atoms with Gasteiger partial charge in [-0.3, -0.25) is 9.88 Å². The van der Waals surface area contributed by atoms with Gasteiger partial charge in [-0.25, -0.2) is 9.78 Å². The molecule has 32 heavy (non-hydrogen) atoms. The first-order valence-corrected chi connectivity index (χ1v) is 11.5. The molecule has 7 nitrogen and oxygen atoms in total. The first kappa shape index (κ1) is 19.5. The summed E-state index contributed by atoms with van der Waals surface area (Å²) < 4.78 is 7.70. The highest BCUT2D eigenvalue weighted by atomic mass is 16.4. The molecule has 164 valence electrons. The summed E-state index contributed by atoms with van der Waals surface area (Å²) in [6.07, 6.45) is 7.70. The molecule has 4 aromatic rings. The molecule has 2 aliphatic rings. The van der Waals surface area contributed by atoms with Crippen molar-refractivity contribution in [1.29, 1.82) is 0 Å². The summed E-state index contributed by atoms with van der Waals surface area (Å²) in [5, 5.41) is 0.905. The average molecular weight is 430 g/mol. The minimum absolute atomic E-state index is 0.363. The van der Waals surface area contributed by atoms with Gasteiger partial charge in [0.1, 0.15) is 5.58 Å². The summed E-state index contributed by atoms with van der Waals surface area (Å²) in [6, 6.07) is 8.74. The second-order valence-electron chi connectivity index (χ2n) is 9.13. The van der Waals surface area contributed by atoms with E-state index in [-0.39, 0.29) is 5.63 Å². The number of aryl methyl sites for hydroxylation is 2. The number of piperazine rings is 1. The highest BCUT2D eigenvalue weighted by Gasteiger charge is 2.29. The number of imidazole rings is 1. The van der Waals surface area contributed by atoms with Crippen LogP contribution in [-0.4, -0.2) is 51.5 Å². The molecule has 1 aromatic carbocycles. The van der Waals surface area contributed by atoms with Gasteiger partial charge >= 0.3 is 5.63 Å². The van der Waals surface area contributed by atoms with Gasteiger partial charge in [0.05, 0.1) is 22.6 Å². The van der Waals surface area contributed by atoms with Gasteiger partial charge in [0.25, 0.3) is 0 Å². The predicted molar refractivity (Wildman–Crippen MR) is 125 cm³/mol. The fourth-order valence-electron chi connectivity index (χ4n) is 5.30. The van der Waals surface area contributed by atoms with Crippen LogP contribution >= 0.6 is 0 Å². The van der Waals surface area contributed by atoms with Gasteiger partial charge in [0.2, 0.25) is 0 Å². The Balaban J connectivity index is 1.35. The van der Waals surface area contributed by atoms with E-state index in [1.54, 1.807) is 0 Å². The molecule has 0 saturated carbocycles. The van der Waals surface area contributed by atoms with E-state index in [1.165, 1.54) is 25.8 Å². The van der Waals surface area contributed by atoms with Crippen LogP contribution in [0.25, 0.3) is 27.9 Å². The summed E-state index contributed by atoms with van der Waals surface area (Å²) in [6.45, 7) is 8.26. The number of rotatable bonds is 2. The average Bonchev–Trinajstić information content (AvgIpc) is 3.22. The van der Waals surface area contributed by atoms with Gasteiger partial charge in [-0.15, -0.1) is 0 Å². The first-order chi connectivity index (χ1) is 15.5. The fraction of sp³-hybridized carbons (Fsp3) is 0.400. The van der Waals surface area contributed by atoms with Crippen LogP contribution in [0.5, 0.6) is 0 Å². The van der Waals surface area contributed by atoms with E-state index in [0.29, 0.717) is 22.9 Å². The molecule has 2 saturated heterocycles. The number of aromatic nitrogens is 3. The maximum atomic E-state index is 12.9. The van der Waals surface area contributed by atoms with Crippen molar-refractivity contribution in [2.75, 3.05) is 31.1 Å². The number of anilines is 1. The summed E-state index contributed by atoms with van der Waals surface area (Å²) in [5.74, 6) is 0. The van der Waals surface area contributed by atoms with Gasteiger partial charge in [0, 0.05) is 55.2 Å². The maximum absolute atomic E-state index is 12.9. The first-order valence-electron chi connectivity index (χ1n) is 11.5. The lowest BCUT2D eigenvalue weighted by atomic mass is 9.99. The smallest absolute Gasteiger partial charge is 0.345 e. The standard InChI is InChI=1S/C25H27N5O2/c1-16-13-30-15-22(27-24(30)17(2)26-16)21-11-18-6-7-19(12-23(18)32-25(21)31)29-10-9-28-8-4-3-5-20(28)14-29/h6-7,11-13,15,20H,3-5,8-10,14H2,1-2H3. The summed E-state index contributed by atoms with van der Waals surface area (Å²) in [4.78, 5) is 27.1. The molecule has 3 aromatic heterocycles. The van der Waals surface area contributed by atoms with Crippen LogP contribution in [0.3, 0.4) is 0 Å². The zero-order valence-electron chi connectivity index (χ0n) is 18.5. The van der Waals surface area contributed by atoms with Crippen LogP contribution in [0, 0.1) is 13.8 Å². The van der Waals surface area contributed by atoms with Crippen molar-refractivity contribution in [3.05, 3.63) is 58.5 Å². The van der Waals surface area contributed by atoms with Gasteiger partial charge < -0.3 is 13.7 Å². The van der Waals surface area contributed by atoms with Crippen LogP contribution in [0.4, 0.5) is 5.69 Å². The SMILES string of the molecule is Cc1cn2cc(-c3cc4ccc(N5CCN6CCCCC6C5)cc4oc3=O)nc2c(C)n1. The van der Waals surface area contributed by atoms with Crippen molar-refractivity contribution in [3.8, 4) is 11.3 Å². The second-order valence-corrected chi connectivity index (χ2v) is 9.13. The van der Waals surface area contributed by atoms with E-state index < -0.39 is 0 Å². The summed E-state index contributed by atoms with van der Waals surface area (Å²) >= 11 is 0. The summed E-state index contributed by atoms with van der Waals surface area (Å²) in [5.41, 5.74) is 4.97. The Bertz CT molecular complexity index is 1390. The van der Waals surface area contributed by atoms with Gasteiger partial charge in [-0.1, -0.05) is 6.42 Å². The predicted octanol–water partition coefficient (Wildman–Crippen LogP) is 3.79. The number of benzene rings is 1. The molecule has 6 rings (SSSR count). The zero-order chi connectivity index (χ0) is 21.8. The molecule has 1 unspecified atom stereocenters. The Morgan fingerprint density at radius 1 is 1.03 bits per heavy atom. The highest BCUT2D eigenvalue weighted by Crippen LogP contribution is 2.29. The molecule has 2 fully saturated rings. The zero-order valence-corrected chi connectivity index (χ0v) is 18.5. The van der Waals surface area contributed by atoms with E-state index >= 15 is 0 Å². The van der Waals surface area contributed by atoms with Crippen molar-refractivity contribution in [1.82, 2.24) is 19.3 Å². The van der Waals surface area contributed by atoms with Gasteiger partial charge in [-0.2, -0.15) is 0 Å². The van der Waals surface area contributed by atoms with Crippen molar-refractivity contribution in [2.24, 2.45) is 0 Å². The van der Waals surface area contributed by atoms with Crippen molar-refractivity contribution in [3.63, 3.8) is 0 Å². The van der Waals surface area contributed by atoms with E-state index in [4.69, 9.17) is 4.42 Å². The Hall–Kier alpha value is -3.19. The fourth-order valence-corrected chi connectivity index (χ4v) is 5.30. The van der Waals surface area contributed by atoms with Gasteiger partial charge in [0.15, 0.2) is 5.65 Å². The number of fused-ring (bicyclic) bond motifs is 3. The van der Waals surface area contributed by atoms with Crippen molar-refractivity contribution >= 4 is 22.3 Å². The number of piperidine rings is 1. The van der Waals surface area contributed by atoms with E-state index in [0.717, 1.165) is 47.7 Å². The summed E-state index contributed by atoms with van der Waals surface area (Å²) in [7, 11) is 0. The van der Waals surface area contributed by atoms with Crippen LogP contribution in [-0.2, 0) is 0 Å². The van der Waals surface area contributed by atoms with Crippen LogP contribution in [0.15, 0.2) is 45.9 Å². The Morgan fingerprint density at radius 2 is 1.94 bits per heavy atom. The Kier molecular flexibility index (Phi) is 4.54. The molecule has 0 N–H and O–H groups in total. The molecule has 2 aliphatic heterocycles. The number of hydrogen-bond acceptors (Lipinski definition) is 6. The lowest BCUT2D eigenvalue weighted by Crippen LogP contribution is -2.54. The van der Waals surface area contributed by atoms with E-state index in [2.05, 4.69) is 31.9 Å². The van der Waals surface area contributed by atoms with Crippen molar-refractivity contribution < 1.29 is 4.42 Å². The van der Waals surface area contributed by atoms with Crippen molar-refractivity contribution in [2.45, 2.75) is 39.2 Å². The third kappa shape index (κ3) is 3.28. The molecule has 1 atom stereocenters. The minimum Gasteiger partial charge on any atom is -0.422 e.